The molecule has 19 heavy (non-hydrogen) atoms. The topological polar surface area (TPSA) is 74.2 Å². The fourth-order valence-electron chi connectivity index (χ4n) is 1.35. The zero-order chi connectivity index (χ0) is 14.2. The number of methoxy groups -OCH3 is 1. The number of nitrogens with two attached hydrogens (primary N) is 1. The van der Waals surface area contributed by atoms with Gasteiger partial charge in [-0.1, -0.05) is 16.8 Å². The van der Waals surface area contributed by atoms with Gasteiger partial charge in [-0.3, -0.25) is 0 Å². The second-order valence-corrected chi connectivity index (χ2v) is 3.90. The van der Waals surface area contributed by atoms with Gasteiger partial charge >= 0.3 is 6.18 Å². The van der Waals surface area contributed by atoms with Crippen molar-refractivity contribution in [2.24, 2.45) is 0 Å². The molecule has 2 N–H and O–H groups in total. The average Bonchev–Trinajstić information content (AvgIpc) is 2.81. The molecule has 102 valence electrons. The molecule has 1 aromatic carbocycles. The summed E-state index contributed by atoms with van der Waals surface area (Å²) in [5.41, 5.74) is 5.91. The highest BCUT2D eigenvalue weighted by Gasteiger charge is 2.37. The van der Waals surface area contributed by atoms with E-state index in [0.717, 1.165) is 0 Å². The van der Waals surface area contributed by atoms with E-state index in [9.17, 15) is 13.2 Å². The van der Waals surface area contributed by atoms with E-state index in [1.807, 2.05) is 0 Å². The SMILES string of the molecule is COc1cc(N)c(Cl)cc1-c1nc(C(F)(F)F)no1. The van der Waals surface area contributed by atoms with Gasteiger partial charge in [0.25, 0.3) is 11.7 Å². The molecule has 0 bridgehead atoms. The minimum absolute atomic E-state index is 0.129. The van der Waals surface area contributed by atoms with Crippen molar-refractivity contribution >= 4 is 17.3 Å². The highest BCUT2D eigenvalue weighted by molar-refractivity contribution is 6.33. The lowest BCUT2D eigenvalue weighted by atomic mass is 10.2. The van der Waals surface area contributed by atoms with E-state index in [2.05, 4.69) is 14.7 Å². The zero-order valence-electron chi connectivity index (χ0n) is 9.45. The van der Waals surface area contributed by atoms with Gasteiger partial charge in [0.15, 0.2) is 0 Å². The minimum Gasteiger partial charge on any atom is -0.496 e. The Balaban J connectivity index is 2.53. The van der Waals surface area contributed by atoms with Gasteiger partial charge in [-0.15, -0.1) is 0 Å². The van der Waals surface area contributed by atoms with E-state index in [1.165, 1.54) is 19.2 Å². The van der Waals surface area contributed by atoms with Crippen LogP contribution in [0.4, 0.5) is 18.9 Å². The summed E-state index contributed by atoms with van der Waals surface area (Å²) in [4.78, 5) is 3.25. The Morgan fingerprint density at radius 1 is 1.37 bits per heavy atom. The van der Waals surface area contributed by atoms with Crippen LogP contribution in [0.3, 0.4) is 0 Å². The third kappa shape index (κ3) is 2.58. The van der Waals surface area contributed by atoms with Gasteiger partial charge in [-0.2, -0.15) is 18.2 Å². The summed E-state index contributed by atoms with van der Waals surface area (Å²) >= 11 is 5.80. The van der Waals surface area contributed by atoms with Crippen molar-refractivity contribution in [1.29, 1.82) is 0 Å². The molecule has 0 aliphatic carbocycles. The molecule has 0 aliphatic rings. The van der Waals surface area contributed by atoms with E-state index in [0.29, 0.717) is 0 Å². The highest BCUT2D eigenvalue weighted by Crippen LogP contribution is 2.36. The predicted molar refractivity (Wildman–Crippen MR) is 60.7 cm³/mol. The van der Waals surface area contributed by atoms with Gasteiger partial charge < -0.3 is 15.0 Å². The van der Waals surface area contributed by atoms with Crippen molar-refractivity contribution in [3.8, 4) is 17.2 Å². The number of hydrogen-bond donors (Lipinski definition) is 1. The summed E-state index contributed by atoms with van der Waals surface area (Å²) in [6, 6.07) is 2.65. The summed E-state index contributed by atoms with van der Waals surface area (Å²) in [6.07, 6.45) is -4.69. The van der Waals surface area contributed by atoms with Crippen molar-refractivity contribution in [2.75, 3.05) is 12.8 Å². The molecule has 0 saturated carbocycles. The van der Waals surface area contributed by atoms with Gasteiger partial charge in [0.05, 0.1) is 23.4 Å². The molecule has 1 heterocycles. The Morgan fingerprint density at radius 2 is 2.05 bits per heavy atom. The maximum Gasteiger partial charge on any atom is 0.455 e. The summed E-state index contributed by atoms with van der Waals surface area (Å²) in [6.45, 7) is 0. The van der Waals surface area contributed by atoms with Gasteiger partial charge in [0.1, 0.15) is 5.75 Å². The molecule has 2 aromatic rings. The maximum absolute atomic E-state index is 12.4. The fourth-order valence-corrected chi connectivity index (χ4v) is 1.52. The van der Waals surface area contributed by atoms with Crippen LogP contribution in [0.5, 0.6) is 5.75 Å². The van der Waals surface area contributed by atoms with Crippen LogP contribution < -0.4 is 10.5 Å². The molecular formula is C10H7ClF3N3O2. The molecule has 0 amide bonds. The standard InChI is InChI=1S/C10H7ClF3N3O2/c1-18-7-3-6(15)5(11)2-4(7)8-16-9(17-19-8)10(12,13)14/h2-3H,15H2,1H3. The van der Waals surface area contributed by atoms with E-state index in [1.54, 1.807) is 0 Å². The first kappa shape index (κ1) is 13.5. The Kier molecular flexibility index (Phi) is 3.27. The number of benzene rings is 1. The monoisotopic (exact) mass is 293 g/mol. The first-order valence-electron chi connectivity index (χ1n) is 4.87. The van der Waals surface area contributed by atoms with Crippen LogP contribution in [0.1, 0.15) is 5.82 Å². The molecule has 0 saturated heterocycles. The number of nitrogen functional groups attached to an aromatic ring is 1. The Bertz CT molecular complexity index is 613. The van der Waals surface area contributed by atoms with Gasteiger partial charge in [-0.05, 0) is 6.07 Å². The number of nitrogens with zero attached hydrogens (tertiary/aromatic N) is 2. The smallest absolute Gasteiger partial charge is 0.455 e. The second kappa shape index (κ2) is 4.61. The Labute approximate surface area is 110 Å². The number of alkyl halides is 3. The second-order valence-electron chi connectivity index (χ2n) is 3.49. The maximum atomic E-state index is 12.4. The molecule has 0 radical (unpaired) electrons. The molecule has 2 rings (SSSR count). The number of anilines is 1. The quantitative estimate of drug-likeness (QED) is 0.862. The van der Waals surface area contributed by atoms with Crippen LogP contribution in [0.2, 0.25) is 5.02 Å². The summed E-state index contributed by atoms with van der Waals surface area (Å²) < 4.78 is 46.7. The van der Waals surface area contributed by atoms with Gasteiger partial charge in [-0.25, -0.2) is 0 Å². The number of ether oxygens (including phenoxy) is 1. The Morgan fingerprint density at radius 3 is 2.58 bits per heavy atom. The summed E-state index contributed by atoms with van der Waals surface area (Å²) in [7, 11) is 1.33. The third-order valence-corrected chi connectivity index (χ3v) is 2.56. The molecule has 0 spiro atoms. The van der Waals surface area contributed by atoms with Crippen molar-refractivity contribution in [3.05, 3.63) is 23.0 Å². The highest BCUT2D eigenvalue weighted by atomic mass is 35.5. The molecule has 0 atom stereocenters. The normalized spacial score (nSPS) is 11.6. The molecule has 0 unspecified atom stereocenters. The number of hydrogen-bond acceptors (Lipinski definition) is 5. The van der Waals surface area contributed by atoms with E-state index in [4.69, 9.17) is 22.1 Å². The molecular weight excluding hydrogens is 287 g/mol. The molecule has 0 aliphatic heterocycles. The van der Waals surface area contributed by atoms with Crippen molar-refractivity contribution in [1.82, 2.24) is 10.1 Å². The van der Waals surface area contributed by atoms with Crippen LogP contribution in [-0.4, -0.2) is 17.3 Å². The lowest BCUT2D eigenvalue weighted by molar-refractivity contribution is -0.146. The Hall–Kier alpha value is -1.96. The van der Waals surface area contributed by atoms with Crippen molar-refractivity contribution in [3.63, 3.8) is 0 Å². The largest absolute Gasteiger partial charge is 0.496 e. The van der Waals surface area contributed by atoms with E-state index >= 15 is 0 Å². The molecule has 1 aromatic heterocycles. The molecule has 0 fully saturated rings. The van der Waals surface area contributed by atoms with Crippen LogP contribution in [0.15, 0.2) is 16.7 Å². The van der Waals surface area contributed by atoms with Crippen LogP contribution in [-0.2, 0) is 6.18 Å². The van der Waals surface area contributed by atoms with Crippen LogP contribution in [0.25, 0.3) is 11.5 Å². The predicted octanol–water partition coefficient (Wildman–Crippen LogP) is 3.00. The lowest BCUT2D eigenvalue weighted by Gasteiger charge is -2.07. The first-order chi connectivity index (χ1) is 8.82. The van der Waals surface area contributed by atoms with Crippen LogP contribution >= 0.6 is 11.6 Å². The number of aromatic nitrogens is 2. The van der Waals surface area contributed by atoms with E-state index < -0.39 is 12.0 Å². The zero-order valence-corrected chi connectivity index (χ0v) is 10.2. The average molecular weight is 294 g/mol. The van der Waals surface area contributed by atoms with Crippen molar-refractivity contribution < 1.29 is 22.4 Å². The summed E-state index contributed by atoms with van der Waals surface area (Å²) in [5, 5.41) is 2.99. The minimum atomic E-state index is -4.69. The van der Waals surface area contributed by atoms with Crippen LogP contribution in [0, 0.1) is 0 Å². The molecule has 9 heteroatoms. The number of rotatable bonds is 2. The third-order valence-electron chi connectivity index (χ3n) is 2.23. The van der Waals surface area contributed by atoms with E-state index in [-0.39, 0.29) is 27.9 Å². The van der Waals surface area contributed by atoms with Gasteiger partial charge in [0.2, 0.25) is 0 Å². The van der Waals surface area contributed by atoms with Gasteiger partial charge in [0, 0.05) is 6.07 Å². The fraction of sp³-hybridized carbons (Fsp3) is 0.200. The van der Waals surface area contributed by atoms with Crippen molar-refractivity contribution in [2.45, 2.75) is 6.18 Å². The molecule has 5 nitrogen and oxygen atoms in total. The lowest BCUT2D eigenvalue weighted by Crippen LogP contribution is -2.07. The first-order valence-corrected chi connectivity index (χ1v) is 5.25. The number of halogens is 4. The summed E-state index contributed by atoms with van der Waals surface area (Å²) in [5.74, 6) is -1.55.